The van der Waals surface area contributed by atoms with Crippen LogP contribution in [0.3, 0.4) is 0 Å². The van der Waals surface area contributed by atoms with E-state index in [0.717, 1.165) is 6.42 Å². The first kappa shape index (κ1) is 7.53. The van der Waals surface area contributed by atoms with E-state index in [9.17, 15) is 0 Å². The van der Waals surface area contributed by atoms with Crippen molar-refractivity contribution in [3.63, 3.8) is 0 Å². The van der Waals surface area contributed by atoms with Crippen LogP contribution in [0.15, 0.2) is 40.1 Å². The predicted octanol–water partition coefficient (Wildman–Crippen LogP) is 3.01. The molecule has 0 atom stereocenters. The molecular formula is C11H13N. The lowest BCUT2D eigenvalue weighted by Gasteiger charge is -2.03. The molecule has 1 nitrogen and oxygen atoms in total. The van der Waals surface area contributed by atoms with Crippen molar-refractivity contribution in [2.45, 2.75) is 26.2 Å². The highest BCUT2D eigenvalue weighted by Gasteiger charge is 2.09. The van der Waals surface area contributed by atoms with Gasteiger partial charge in [-0.05, 0) is 37.3 Å². The van der Waals surface area contributed by atoms with Crippen molar-refractivity contribution in [1.29, 1.82) is 0 Å². The zero-order valence-electron chi connectivity index (χ0n) is 7.38. The van der Waals surface area contributed by atoms with Crippen molar-refractivity contribution in [2.24, 2.45) is 4.99 Å². The standard InChI is InChI=1S/C11H13N/c1-9-5-6-10-3-2-4-11(10)8-12-7-9/h4,6-8H,2-3,5H2,1H3. The quantitative estimate of drug-likeness (QED) is 0.515. The molecule has 0 saturated carbocycles. The minimum Gasteiger partial charge on any atom is -0.264 e. The molecule has 12 heavy (non-hydrogen) atoms. The van der Waals surface area contributed by atoms with E-state index in [1.807, 2.05) is 12.4 Å². The lowest BCUT2D eigenvalue weighted by atomic mass is 10.1. The van der Waals surface area contributed by atoms with Gasteiger partial charge < -0.3 is 0 Å². The van der Waals surface area contributed by atoms with Gasteiger partial charge in [0, 0.05) is 12.4 Å². The van der Waals surface area contributed by atoms with Crippen molar-refractivity contribution in [2.75, 3.05) is 0 Å². The van der Waals surface area contributed by atoms with E-state index < -0.39 is 0 Å². The van der Waals surface area contributed by atoms with Crippen LogP contribution in [0, 0.1) is 0 Å². The summed E-state index contributed by atoms with van der Waals surface area (Å²) in [6.07, 6.45) is 12.0. The first-order valence-corrected chi connectivity index (χ1v) is 4.44. The monoisotopic (exact) mass is 159 g/mol. The smallest absolute Gasteiger partial charge is 0.0339 e. The van der Waals surface area contributed by atoms with E-state index in [2.05, 4.69) is 24.1 Å². The second kappa shape index (κ2) is 3.10. The molecule has 0 fully saturated rings. The minimum absolute atomic E-state index is 1.06. The molecule has 0 aromatic heterocycles. The molecule has 2 rings (SSSR count). The molecule has 0 saturated heterocycles. The Morgan fingerprint density at radius 2 is 2.25 bits per heavy atom. The Kier molecular flexibility index (Phi) is 1.94. The lowest BCUT2D eigenvalue weighted by molar-refractivity contribution is 1.04. The summed E-state index contributed by atoms with van der Waals surface area (Å²) >= 11 is 0. The van der Waals surface area contributed by atoms with Crippen LogP contribution in [-0.2, 0) is 0 Å². The maximum Gasteiger partial charge on any atom is 0.0339 e. The first-order valence-electron chi connectivity index (χ1n) is 4.44. The molecule has 0 radical (unpaired) electrons. The van der Waals surface area contributed by atoms with Crippen molar-refractivity contribution in [1.82, 2.24) is 0 Å². The molecule has 1 aliphatic heterocycles. The zero-order valence-corrected chi connectivity index (χ0v) is 7.38. The molecule has 0 aromatic carbocycles. The Morgan fingerprint density at radius 3 is 3.17 bits per heavy atom. The number of fused-ring (bicyclic) bond motifs is 1. The molecular weight excluding hydrogens is 146 g/mol. The maximum absolute atomic E-state index is 4.26. The summed E-state index contributed by atoms with van der Waals surface area (Å²) in [5.74, 6) is 0. The largest absolute Gasteiger partial charge is 0.264 e. The zero-order chi connectivity index (χ0) is 8.39. The fourth-order valence-corrected chi connectivity index (χ4v) is 1.60. The van der Waals surface area contributed by atoms with Crippen molar-refractivity contribution in [3.8, 4) is 0 Å². The summed E-state index contributed by atoms with van der Waals surface area (Å²) in [5.41, 5.74) is 4.15. The molecule has 1 aliphatic carbocycles. The molecule has 1 heterocycles. The third-order valence-electron chi connectivity index (χ3n) is 2.33. The van der Waals surface area contributed by atoms with Gasteiger partial charge in [-0.15, -0.1) is 0 Å². The Bertz CT molecular complexity index is 303. The topological polar surface area (TPSA) is 12.4 Å². The average molecular weight is 159 g/mol. The normalized spacial score (nSPS) is 21.9. The van der Waals surface area contributed by atoms with E-state index in [1.54, 1.807) is 0 Å². The summed E-state index contributed by atoms with van der Waals surface area (Å²) in [4.78, 5) is 4.26. The van der Waals surface area contributed by atoms with Gasteiger partial charge in [0.05, 0.1) is 0 Å². The van der Waals surface area contributed by atoms with Crippen molar-refractivity contribution >= 4 is 6.21 Å². The van der Waals surface area contributed by atoms with E-state index in [1.165, 1.54) is 29.6 Å². The molecule has 0 amide bonds. The fraction of sp³-hybridized carbons (Fsp3) is 0.364. The lowest BCUT2D eigenvalue weighted by Crippen LogP contribution is -1.88. The van der Waals surface area contributed by atoms with Crippen LogP contribution in [0.5, 0.6) is 0 Å². The second-order valence-corrected chi connectivity index (χ2v) is 3.39. The second-order valence-electron chi connectivity index (χ2n) is 3.39. The third-order valence-corrected chi connectivity index (χ3v) is 2.33. The van der Waals surface area contributed by atoms with Crippen LogP contribution in [0.4, 0.5) is 0 Å². The van der Waals surface area contributed by atoms with Gasteiger partial charge in [0.15, 0.2) is 0 Å². The summed E-state index contributed by atoms with van der Waals surface area (Å²) in [6, 6.07) is 0. The molecule has 0 unspecified atom stereocenters. The van der Waals surface area contributed by atoms with Crippen molar-refractivity contribution in [3.05, 3.63) is 35.1 Å². The van der Waals surface area contributed by atoms with Gasteiger partial charge in [-0.2, -0.15) is 0 Å². The number of aliphatic imine (C=N–C) groups is 1. The van der Waals surface area contributed by atoms with Crippen LogP contribution in [0.1, 0.15) is 26.2 Å². The highest BCUT2D eigenvalue weighted by atomic mass is 14.7. The molecule has 1 heteroatoms. The van der Waals surface area contributed by atoms with E-state index in [-0.39, 0.29) is 0 Å². The number of hydrogen-bond acceptors (Lipinski definition) is 1. The number of rotatable bonds is 0. The van der Waals surface area contributed by atoms with Gasteiger partial charge in [-0.3, -0.25) is 4.99 Å². The van der Waals surface area contributed by atoms with Crippen LogP contribution >= 0.6 is 0 Å². The van der Waals surface area contributed by atoms with Gasteiger partial charge in [0.25, 0.3) is 0 Å². The molecule has 0 bridgehead atoms. The Labute approximate surface area is 73.2 Å². The van der Waals surface area contributed by atoms with Gasteiger partial charge >= 0.3 is 0 Å². The summed E-state index contributed by atoms with van der Waals surface area (Å²) in [6.45, 7) is 2.12. The predicted molar refractivity (Wildman–Crippen MR) is 52.3 cm³/mol. The molecule has 2 aliphatic rings. The Morgan fingerprint density at radius 1 is 1.33 bits per heavy atom. The number of allylic oxidation sites excluding steroid dienone is 5. The highest BCUT2D eigenvalue weighted by Crippen LogP contribution is 2.25. The average Bonchev–Trinajstić information content (AvgIpc) is 2.45. The van der Waals surface area contributed by atoms with E-state index in [0.29, 0.717) is 0 Å². The minimum atomic E-state index is 1.06. The number of hydrogen-bond donors (Lipinski definition) is 0. The van der Waals surface area contributed by atoms with Crippen LogP contribution in [0.2, 0.25) is 0 Å². The molecule has 0 spiro atoms. The summed E-state index contributed by atoms with van der Waals surface area (Å²) in [5, 5.41) is 0. The molecule has 0 N–H and O–H groups in total. The van der Waals surface area contributed by atoms with E-state index >= 15 is 0 Å². The van der Waals surface area contributed by atoms with Gasteiger partial charge in [0.2, 0.25) is 0 Å². The Hall–Kier alpha value is -1.11. The maximum atomic E-state index is 4.26. The highest BCUT2D eigenvalue weighted by molar-refractivity contribution is 5.86. The Balaban J connectivity index is 2.33. The van der Waals surface area contributed by atoms with Gasteiger partial charge in [0.1, 0.15) is 0 Å². The summed E-state index contributed by atoms with van der Waals surface area (Å²) in [7, 11) is 0. The molecule has 0 aromatic rings. The van der Waals surface area contributed by atoms with Gasteiger partial charge in [-0.1, -0.05) is 17.7 Å². The SMILES string of the molecule is CC1=CN=CC2=CCCC2=CC1. The molecule has 62 valence electrons. The van der Waals surface area contributed by atoms with Crippen molar-refractivity contribution < 1.29 is 0 Å². The number of nitrogens with zero attached hydrogens (tertiary/aromatic N) is 1. The van der Waals surface area contributed by atoms with Gasteiger partial charge in [-0.25, -0.2) is 0 Å². The van der Waals surface area contributed by atoms with Crippen LogP contribution in [-0.4, -0.2) is 6.21 Å². The summed E-state index contributed by atoms with van der Waals surface area (Å²) < 4.78 is 0. The third kappa shape index (κ3) is 1.40. The van der Waals surface area contributed by atoms with Crippen LogP contribution < -0.4 is 0 Å². The van der Waals surface area contributed by atoms with Crippen LogP contribution in [0.25, 0.3) is 0 Å². The first-order chi connectivity index (χ1) is 5.86. The fourth-order valence-electron chi connectivity index (χ4n) is 1.60. The van der Waals surface area contributed by atoms with E-state index in [4.69, 9.17) is 0 Å².